The third-order valence-electron chi connectivity index (χ3n) is 2.17. The molecule has 0 unspecified atom stereocenters. The van der Waals surface area contributed by atoms with E-state index < -0.39 is 0 Å². The van der Waals surface area contributed by atoms with E-state index in [9.17, 15) is 0 Å². The van der Waals surface area contributed by atoms with Crippen LogP contribution in [0, 0.1) is 0 Å². The van der Waals surface area contributed by atoms with Gasteiger partial charge in [-0.1, -0.05) is 17.7 Å². The maximum absolute atomic E-state index is 5.82. The second-order valence-corrected chi connectivity index (χ2v) is 4.98. The first-order valence-electron chi connectivity index (χ1n) is 5.13. The smallest absolute Gasteiger partial charge is 0.0411 e. The van der Waals surface area contributed by atoms with Gasteiger partial charge in [0.05, 0.1) is 0 Å². The summed E-state index contributed by atoms with van der Waals surface area (Å²) < 4.78 is 0. The van der Waals surface area contributed by atoms with Crippen molar-refractivity contribution in [2.24, 2.45) is 0 Å². The van der Waals surface area contributed by atoms with Gasteiger partial charge in [-0.05, 0) is 42.8 Å². The summed E-state index contributed by atoms with van der Waals surface area (Å²) in [5.41, 5.74) is 1.14. The maximum Gasteiger partial charge on any atom is 0.0411 e. The number of aromatic nitrogens is 1. The number of nitrogens with zero attached hydrogens (tertiary/aromatic N) is 1. The largest absolute Gasteiger partial charge is 0.261 e. The highest BCUT2D eigenvalue weighted by Gasteiger charge is 1.96. The van der Waals surface area contributed by atoms with Gasteiger partial charge in [0.2, 0.25) is 0 Å². The zero-order chi connectivity index (χ0) is 11.2. The molecule has 0 N–H and O–H groups in total. The van der Waals surface area contributed by atoms with Crippen molar-refractivity contribution in [1.29, 1.82) is 0 Å². The Hall–Kier alpha value is -0.700. The van der Waals surface area contributed by atoms with Crippen LogP contribution in [0.4, 0.5) is 0 Å². The van der Waals surface area contributed by atoms with Crippen molar-refractivity contribution in [2.75, 3.05) is 5.75 Å². The molecule has 90 valence electrons. The van der Waals surface area contributed by atoms with Gasteiger partial charge in [-0.25, -0.2) is 0 Å². The van der Waals surface area contributed by atoms with E-state index in [1.165, 1.54) is 4.90 Å². The Bertz CT molecular complexity index is 431. The number of thioether (sulfide) groups is 1. The van der Waals surface area contributed by atoms with Crippen LogP contribution in [0.1, 0.15) is 5.69 Å². The standard InChI is InChI=1S/C13H12ClNS.ClH/c14-11-4-6-13(7-5-11)16-10-8-12-3-1-2-9-15-12;/h1-7,9H,8,10H2;1H. The number of aryl methyl sites for hydroxylation is 1. The second kappa shape index (κ2) is 7.59. The SMILES string of the molecule is Cl.Clc1ccc(SCCc2ccccn2)cc1. The molecule has 2 aromatic rings. The number of hydrogen-bond acceptors (Lipinski definition) is 2. The molecule has 1 nitrogen and oxygen atoms in total. The maximum atomic E-state index is 5.82. The van der Waals surface area contributed by atoms with Crippen molar-refractivity contribution in [3.8, 4) is 0 Å². The van der Waals surface area contributed by atoms with Gasteiger partial charge in [-0.2, -0.15) is 0 Å². The predicted octanol–water partition coefficient (Wildman–Crippen LogP) is 4.49. The molecule has 0 saturated heterocycles. The Morgan fingerprint density at radius 3 is 2.47 bits per heavy atom. The first-order chi connectivity index (χ1) is 7.84. The Kier molecular flexibility index (Phi) is 6.41. The highest BCUT2D eigenvalue weighted by Crippen LogP contribution is 2.20. The van der Waals surface area contributed by atoms with E-state index >= 15 is 0 Å². The zero-order valence-corrected chi connectivity index (χ0v) is 11.6. The summed E-state index contributed by atoms with van der Waals surface area (Å²) in [6, 6.07) is 14.0. The Labute approximate surface area is 117 Å². The number of pyridine rings is 1. The van der Waals surface area contributed by atoms with Crippen LogP contribution < -0.4 is 0 Å². The fourth-order valence-corrected chi connectivity index (χ4v) is 2.35. The van der Waals surface area contributed by atoms with Gasteiger partial charge < -0.3 is 0 Å². The zero-order valence-electron chi connectivity index (χ0n) is 9.17. The summed E-state index contributed by atoms with van der Waals surface area (Å²) in [7, 11) is 0. The third-order valence-corrected chi connectivity index (χ3v) is 3.43. The van der Waals surface area contributed by atoms with Crippen molar-refractivity contribution in [1.82, 2.24) is 4.98 Å². The number of benzene rings is 1. The van der Waals surface area contributed by atoms with Crippen molar-refractivity contribution in [3.63, 3.8) is 0 Å². The quantitative estimate of drug-likeness (QED) is 0.768. The summed E-state index contributed by atoms with van der Waals surface area (Å²) in [6.07, 6.45) is 2.83. The third kappa shape index (κ3) is 4.99. The van der Waals surface area contributed by atoms with Crippen LogP contribution in [0.2, 0.25) is 5.02 Å². The van der Waals surface area contributed by atoms with Crippen LogP contribution in [0.25, 0.3) is 0 Å². The molecule has 0 aliphatic rings. The number of rotatable bonds is 4. The Morgan fingerprint density at radius 2 is 1.82 bits per heavy atom. The number of halogens is 2. The van der Waals surface area contributed by atoms with Gasteiger partial charge in [0.1, 0.15) is 0 Å². The van der Waals surface area contributed by atoms with Crippen molar-refractivity contribution in [3.05, 3.63) is 59.4 Å². The molecule has 1 aromatic heterocycles. The lowest BCUT2D eigenvalue weighted by molar-refractivity contribution is 1.05. The van der Waals surface area contributed by atoms with Gasteiger partial charge in [0.15, 0.2) is 0 Å². The molecule has 0 amide bonds. The molecule has 2 rings (SSSR count). The number of hydrogen-bond donors (Lipinski definition) is 0. The topological polar surface area (TPSA) is 12.9 Å². The molecule has 0 spiro atoms. The monoisotopic (exact) mass is 285 g/mol. The molecule has 0 radical (unpaired) electrons. The van der Waals surface area contributed by atoms with Gasteiger partial charge in [-0.15, -0.1) is 24.2 Å². The van der Waals surface area contributed by atoms with Gasteiger partial charge in [0, 0.05) is 27.6 Å². The fourth-order valence-electron chi connectivity index (χ4n) is 1.35. The first kappa shape index (κ1) is 14.4. The average Bonchev–Trinajstić information content (AvgIpc) is 2.33. The van der Waals surface area contributed by atoms with Crippen LogP contribution in [0.15, 0.2) is 53.6 Å². The van der Waals surface area contributed by atoms with Crippen molar-refractivity contribution < 1.29 is 0 Å². The van der Waals surface area contributed by atoms with Crippen LogP contribution >= 0.6 is 35.8 Å². The van der Waals surface area contributed by atoms with Crippen LogP contribution in [-0.4, -0.2) is 10.7 Å². The lowest BCUT2D eigenvalue weighted by Crippen LogP contribution is -1.91. The van der Waals surface area contributed by atoms with Gasteiger partial charge >= 0.3 is 0 Å². The molecule has 0 aliphatic heterocycles. The van der Waals surface area contributed by atoms with E-state index in [0.29, 0.717) is 0 Å². The lowest BCUT2D eigenvalue weighted by atomic mass is 10.3. The molecule has 0 aliphatic carbocycles. The molecule has 17 heavy (non-hydrogen) atoms. The lowest BCUT2D eigenvalue weighted by Gasteiger charge is -2.01. The van der Waals surface area contributed by atoms with Crippen molar-refractivity contribution >= 4 is 35.8 Å². The minimum Gasteiger partial charge on any atom is -0.261 e. The molecule has 0 bridgehead atoms. The highest BCUT2D eigenvalue weighted by atomic mass is 35.5. The molecular formula is C13H13Cl2NS. The second-order valence-electron chi connectivity index (χ2n) is 3.37. The van der Waals surface area contributed by atoms with Crippen LogP contribution in [-0.2, 0) is 6.42 Å². The summed E-state index contributed by atoms with van der Waals surface area (Å²) in [4.78, 5) is 5.54. The molecule has 0 atom stereocenters. The van der Waals surface area contributed by atoms with Gasteiger partial charge in [0.25, 0.3) is 0 Å². The molecule has 4 heteroatoms. The molecule has 0 saturated carbocycles. The molecular weight excluding hydrogens is 273 g/mol. The molecule has 1 heterocycles. The van der Waals surface area contributed by atoms with E-state index in [1.807, 2.05) is 54.4 Å². The summed E-state index contributed by atoms with van der Waals surface area (Å²) >= 11 is 7.65. The van der Waals surface area contributed by atoms with E-state index in [4.69, 9.17) is 11.6 Å². The van der Waals surface area contributed by atoms with E-state index in [1.54, 1.807) is 0 Å². The van der Waals surface area contributed by atoms with Crippen molar-refractivity contribution in [2.45, 2.75) is 11.3 Å². The fraction of sp³-hybridized carbons (Fsp3) is 0.154. The highest BCUT2D eigenvalue weighted by molar-refractivity contribution is 7.99. The molecule has 1 aromatic carbocycles. The first-order valence-corrected chi connectivity index (χ1v) is 6.49. The Morgan fingerprint density at radius 1 is 1.06 bits per heavy atom. The predicted molar refractivity (Wildman–Crippen MR) is 77.4 cm³/mol. The van der Waals surface area contributed by atoms with Crippen LogP contribution in [0.5, 0.6) is 0 Å². The Balaban J connectivity index is 0.00000144. The van der Waals surface area contributed by atoms with E-state index in [-0.39, 0.29) is 12.4 Å². The van der Waals surface area contributed by atoms with Crippen LogP contribution in [0.3, 0.4) is 0 Å². The average molecular weight is 286 g/mol. The van der Waals surface area contributed by atoms with E-state index in [0.717, 1.165) is 22.9 Å². The normalized spacial score (nSPS) is 9.71. The summed E-state index contributed by atoms with van der Waals surface area (Å²) in [5, 5.41) is 0.786. The summed E-state index contributed by atoms with van der Waals surface area (Å²) in [6.45, 7) is 0. The van der Waals surface area contributed by atoms with Gasteiger partial charge in [-0.3, -0.25) is 4.98 Å². The summed E-state index contributed by atoms with van der Waals surface area (Å²) in [5.74, 6) is 1.04. The van der Waals surface area contributed by atoms with E-state index in [2.05, 4.69) is 11.1 Å². The minimum absolute atomic E-state index is 0. The molecule has 0 fully saturated rings. The minimum atomic E-state index is 0.